The van der Waals surface area contributed by atoms with Crippen molar-refractivity contribution in [2.24, 2.45) is 7.05 Å². The number of halogens is 1. The van der Waals surface area contributed by atoms with Crippen molar-refractivity contribution in [3.8, 4) is 0 Å². The molecule has 7 heteroatoms. The van der Waals surface area contributed by atoms with E-state index in [1.165, 1.54) is 4.57 Å². The Bertz CT molecular complexity index is 930. The molecule has 0 aliphatic heterocycles. The average Bonchev–Trinajstić information content (AvgIpc) is 2.80. The molecular weight excluding hydrogens is 318 g/mol. The number of fused-ring (bicyclic) bond motifs is 1. The Hall–Kier alpha value is -2.73. The first-order chi connectivity index (χ1) is 11.0. The third kappa shape index (κ3) is 3.37. The van der Waals surface area contributed by atoms with Crippen LogP contribution in [0.1, 0.15) is 5.56 Å². The van der Waals surface area contributed by atoms with Gasteiger partial charge in [0, 0.05) is 24.3 Å². The van der Waals surface area contributed by atoms with Gasteiger partial charge in [0.25, 0.3) is 0 Å². The lowest BCUT2D eigenvalue weighted by atomic mass is 10.2. The topological polar surface area (TPSA) is 76.3 Å². The fourth-order valence-corrected chi connectivity index (χ4v) is 2.40. The van der Waals surface area contributed by atoms with Crippen LogP contribution in [-0.4, -0.2) is 10.6 Å². The zero-order chi connectivity index (χ0) is 16.4. The highest BCUT2D eigenvalue weighted by Gasteiger charge is 2.07. The summed E-state index contributed by atoms with van der Waals surface area (Å²) in [6, 6.07) is 11.9. The second-order valence-electron chi connectivity index (χ2n) is 5.05. The Morgan fingerprint density at radius 2 is 2.09 bits per heavy atom. The van der Waals surface area contributed by atoms with E-state index in [0.29, 0.717) is 28.4 Å². The molecule has 0 aliphatic rings. The quantitative estimate of drug-likeness (QED) is 0.774. The number of oxazole rings is 1. The number of aryl methyl sites for hydroxylation is 1. The Kier molecular flexibility index (Phi) is 4.08. The van der Waals surface area contributed by atoms with E-state index in [-0.39, 0.29) is 6.03 Å². The molecular formula is C16H14ClN3O3. The van der Waals surface area contributed by atoms with Gasteiger partial charge in [0.1, 0.15) is 0 Å². The predicted octanol–water partition coefficient (Wildman–Crippen LogP) is 3.11. The van der Waals surface area contributed by atoms with Crippen molar-refractivity contribution in [3.63, 3.8) is 0 Å². The predicted molar refractivity (Wildman–Crippen MR) is 88.8 cm³/mol. The molecule has 2 amide bonds. The minimum atomic E-state index is -0.413. The normalized spacial score (nSPS) is 10.7. The molecule has 3 rings (SSSR count). The van der Waals surface area contributed by atoms with Crippen LogP contribution in [0.5, 0.6) is 0 Å². The number of carbonyl (C=O) groups is 1. The third-order valence-electron chi connectivity index (χ3n) is 3.39. The lowest BCUT2D eigenvalue weighted by Gasteiger charge is -2.08. The largest absolute Gasteiger partial charge is 0.419 e. The second kappa shape index (κ2) is 6.18. The monoisotopic (exact) mass is 331 g/mol. The Balaban J connectivity index is 1.67. The van der Waals surface area contributed by atoms with Crippen molar-refractivity contribution >= 4 is 34.4 Å². The van der Waals surface area contributed by atoms with Crippen molar-refractivity contribution < 1.29 is 9.21 Å². The van der Waals surface area contributed by atoms with Gasteiger partial charge in [-0.05, 0) is 35.9 Å². The van der Waals surface area contributed by atoms with E-state index in [9.17, 15) is 9.59 Å². The summed E-state index contributed by atoms with van der Waals surface area (Å²) < 4.78 is 6.49. The van der Waals surface area contributed by atoms with Crippen LogP contribution in [0.25, 0.3) is 11.1 Å². The molecule has 118 valence electrons. The molecule has 2 aromatic carbocycles. The van der Waals surface area contributed by atoms with E-state index in [4.69, 9.17) is 16.0 Å². The third-order valence-corrected chi connectivity index (χ3v) is 3.63. The summed E-state index contributed by atoms with van der Waals surface area (Å²) in [5.41, 5.74) is 2.67. The van der Waals surface area contributed by atoms with Gasteiger partial charge in [0.2, 0.25) is 0 Å². The highest BCUT2D eigenvalue weighted by atomic mass is 35.5. The number of rotatable bonds is 3. The number of amides is 2. The highest BCUT2D eigenvalue weighted by Crippen LogP contribution is 2.15. The van der Waals surface area contributed by atoms with Gasteiger partial charge in [-0.1, -0.05) is 23.7 Å². The van der Waals surface area contributed by atoms with Crippen LogP contribution in [0.2, 0.25) is 5.02 Å². The first-order valence-electron chi connectivity index (χ1n) is 6.92. The molecule has 0 spiro atoms. The van der Waals surface area contributed by atoms with Crippen LogP contribution in [0.4, 0.5) is 10.5 Å². The summed E-state index contributed by atoms with van der Waals surface area (Å²) in [4.78, 5) is 23.3. The molecule has 0 saturated heterocycles. The van der Waals surface area contributed by atoms with Gasteiger partial charge in [-0.3, -0.25) is 4.57 Å². The summed E-state index contributed by atoms with van der Waals surface area (Å²) in [5.74, 6) is -0.413. The van der Waals surface area contributed by atoms with Crippen LogP contribution in [0.3, 0.4) is 0 Å². The van der Waals surface area contributed by atoms with Gasteiger partial charge >= 0.3 is 11.8 Å². The fourth-order valence-electron chi connectivity index (χ4n) is 2.21. The van der Waals surface area contributed by atoms with Gasteiger partial charge in [0.05, 0.1) is 5.52 Å². The van der Waals surface area contributed by atoms with E-state index in [2.05, 4.69) is 10.6 Å². The number of nitrogens with one attached hydrogen (secondary N) is 2. The molecule has 3 aromatic rings. The standard InChI is InChI=1S/C16H14ClN3O3/c1-20-13-7-10(5-6-14(13)23-16(20)22)9-18-15(21)19-12-4-2-3-11(17)8-12/h2-8H,9H2,1H3,(H2,18,19,21). The smallest absolute Gasteiger partial charge is 0.408 e. The average molecular weight is 332 g/mol. The number of hydrogen-bond donors (Lipinski definition) is 2. The minimum absolute atomic E-state index is 0.321. The second-order valence-corrected chi connectivity index (χ2v) is 5.48. The van der Waals surface area contributed by atoms with E-state index < -0.39 is 5.76 Å². The molecule has 0 saturated carbocycles. The Labute approximate surface area is 136 Å². The number of urea groups is 1. The van der Waals surface area contributed by atoms with Crippen molar-refractivity contribution in [1.29, 1.82) is 0 Å². The molecule has 23 heavy (non-hydrogen) atoms. The van der Waals surface area contributed by atoms with E-state index >= 15 is 0 Å². The molecule has 0 unspecified atom stereocenters. The number of benzene rings is 2. The highest BCUT2D eigenvalue weighted by molar-refractivity contribution is 6.30. The molecule has 0 fully saturated rings. The van der Waals surface area contributed by atoms with Crippen LogP contribution >= 0.6 is 11.6 Å². The Morgan fingerprint density at radius 3 is 2.87 bits per heavy atom. The van der Waals surface area contributed by atoms with Gasteiger partial charge in [0.15, 0.2) is 5.58 Å². The number of carbonyl (C=O) groups excluding carboxylic acids is 1. The van der Waals surface area contributed by atoms with Gasteiger partial charge < -0.3 is 15.1 Å². The zero-order valence-corrected chi connectivity index (χ0v) is 13.1. The number of anilines is 1. The summed E-state index contributed by atoms with van der Waals surface area (Å²) in [7, 11) is 1.64. The summed E-state index contributed by atoms with van der Waals surface area (Å²) in [5, 5.41) is 5.99. The summed E-state index contributed by atoms with van der Waals surface area (Å²) >= 11 is 5.87. The van der Waals surface area contributed by atoms with Gasteiger partial charge in [-0.25, -0.2) is 9.59 Å². The Morgan fingerprint density at radius 1 is 1.26 bits per heavy atom. The van der Waals surface area contributed by atoms with E-state index in [1.54, 1.807) is 49.5 Å². The summed E-state index contributed by atoms with van der Waals surface area (Å²) in [6.45, 7) is 0.321. The number of aromatic nitrogens is 1. The van der Waals surface area contributed by atoms with Crippen LogP contribution in [0.15, 0.2) is 51.7 Å². The SMILES string of the molecule is Cn1c(=O)oc2ccc(CNC(=O)Nc3cccc(Cl)c3)cc21. The van der Waals surface area contributed by atoms with Gasteiger partial charge in [-0.15, -0.1) is 0 Å². The molecule has 0 aliphatic carbocycles. The lowest BCUT2D eigenvalue weighted by molar-refractivity contribution is 0.251. The van der Waals surface area contributed by atoms with Gasteiger partial charge in [-0.2, -0.15) is 0 Å². The molecule has 0 radical (unpaired) electrons. The van der Waals surface area contributed by atoms with Crippen LogP contribution < -0.4 is 16.4 Å². The molecule has 1 heterocycles. The maximum atomic E-state index is 11.9. The molecule has 0 bridgehead atoms. The van der Waals surface area contributed by atoms with Crippen LogP contribution in [0, 0.1) is 0 Å². The minimum Gasteiger partial charge on any atom is -0.408 e. The lowest BCUT2D eigenvalue weighted by Crippen LogP contribution is -2.28. The molecule has 2 N–H and O–H groups in total. The van der Waals surface area contributed by atoms with E-state index in [0.717, 1.165) is 5.56 Å². The fraction of sp³-hybridized carbons (Fsp3) is 0.125. The van der Waals surface area contributed by atoms with E-state index in [1.807, 2.05) is 0 Å². The van der Waals surface area contributed by atoms with Crippen molar-refractivity contribution in [3.05, 3.63) is 63.6 Å². The maximum absolute atomic E-state index is 11.9. The first kappa shape index (κ1) is 15.2. The first-order valence-corrected chi connectivity index (χ1v) is 7.29. The maximum Gasteiger partial charge on any atom is 0.419 e. The molecule has 0 atom stereocenters. The number of nitrogens with zero attached hydrogens (tertiary/aromatic N) is 1. The van der Waals surface area contributed by atoms with Crippen molar-refractivity contribution in [1.82, 2.24) is 9.88 Å². The van der Waals surface area contributed by atoms with Crippen molar-refractivity contribution in [2.45, 2.75) is 6.54 Å². The summed E-state index contributed by atoms with van der Waals surface area (Å²) in [6.07, 6.45) is 0. The molecule has 6 nitrogen and oxygen atoms in total. The van der Waals surface area contributed by atoms with Crippen LogP contribution in [-0.2, 0) is 13.6 Å². The number of hydrogen-bond acceptors (Lipinski definition) is 3. The van der Waals surface area contributed by atoms with Crippen molar-refractivity contribution in [2.75, 3.05) is 5.32 Å². The zero-order valence-electron chi connectivity index (χ0n) is 12.3. The molecule has 1 aromatic heterocycles.